The summed E-state index contributed by atoms with van der Waals surface area (Å²) in [6, 6.07) is 30.3. The predicted octanol–water partition coefficient (Wildman–Crippen LogP) is 6.32. The first-order valence-electron chi connectivity index (χ1n) is 9.53. The Morgan fingerprint density at radius 1 is 0.815 bits per heavy atom. The fourth-order valence-corrected chi connectivity index (χ4v) is 4.98. The third kappa shape index (κ3) is 3.24. The number of thiazole rings is 1. The molecule has 0 spiro atoms. The van der Waals surface area contributed by atoms with Gasteiger partial charge in [-0.1, -0.05) is 84.1 Å². The molecule has 1 heterocycles. The normalized spacial score (nSPS) is 15.1. The monoisotopic (exact) mass is 370 g/mol. The lowest BCUT2D eigenvalue weighted by atomic mass is 9.78. The van der Waals surface area contributed by atoms with Gasteiger partial charge < -0.3 is 5.32 Å². The topological polar surface area (TPSA) is 24.9 Å². The maximum absolute atomic E-state index is 4.76. The molecule has 1 N–H and O–H groups in total. The number of rotatable bonds is 6. The first kappa shape index (κ1) is 16.5. The van der Waals surface area contributed by atoms with Gasteiger partial charge in [0.15, 0.2) is 5.13 Å². The molecular weight excluding hydrogens is 348 g/mol. The Morgan fingerprint density at radius 2 is 1.41 bits per heavy atom. The highest BCUT2D eigenvalue weighted by Crippen LogP contribution is 2.58. The summed E-state index contributed by atoms with van der Waals surface area (Å²) in [5, 5.41) is 4.69. The van der Waals surface area contributed by atoms with Crippen LogP contribution in [0.15, 0.2) is 84.9 Å². The van der Waals surface area contributed by atoms with Gasteiger partial charge in [0, 0.05) is 12.5 Å². The van der Waals surface area contributed by atoms with E-state index >= 15 is 0 Å². The first-order valence-corrected chi connectivity index (χ1v) is 10.4. The number of para-hydroxylation sites is 1. The summed E-state index contributed by atoms with van der Waals surface area (Å²) in [6.07, 6.45) is 2.50. The van der Waals surface area contributed by atoms with Crippen LogP contribution in [-0.2, 0) is 0 Å². The van der Waals surface area contributed by atoms with Gasteiger partial charge in [-0.3, -0.25) is 0 Å². The van der Waals surface area contributed by atoms with Crippen molar-refractivity contribution in [3.63, 3.8) is 0 Å². The SMILES string of the molecule is c1ccc(C(c2ccccc2)C2(CNc3nc4ccccc4s3)CC2)cc1. The van der Waals surface area contributed by atoms with E-state index in [1.165, 1.54) is 28.7 Å². The summed E-state index contributed by atoms with van der Waals surface area (Å²) in [5.41, 5.74) is 4.16. The molecule has 1 aliphatic rings. The quantitative estimate of drug-likeness (QED) is 0.429. The molecule has 134 valence electrons. The van der Waals surface area contributed by atoms with Crippen molar-refractivity contribution in [3.05, 3.63) is 96.1 Å². The van der Waals surface area contributed by atoms with Crippen LogP contribution in [0.1, 0.15) is 29.9 Å². The second kappa shape index (κ2) is 6.82. The minimum atomic E-state index is 0.264. The molecular formula is C24H22N2S. The molecule has 0 unspecified atom stereocenters. The van der Waals surface area contributed by atoms with E-state index in [1.807, 2.05) is 0 Å². The van der Waals surface area contributed by atoms with Crippen LogP contribution in [0.5, 0.6) is 0 Å². The van der Waals surface area contributed by atoms with Crippen molar-refractivity contribution in [3.8, 4) is 0 Å². The summed E-state index contributed by atoms with van der Waals surface area (Å²) in [6.45, 7) is 0.960. The van der Waals surface area contributed by atoms with Crippen LogP contribution in [-0.4, -0.2) is 11.5 Å². The Hall–Kier alpha value is -2.65. The number of hydrogen-bond acceptors (Lipinski definition) is 3. The standard InChI is InChI=1S/C24H22N2S/c1-3-9-18(10-4-1)22(19-11-5-2-6-12-19)24(15-16-24)17-25-23-26-20-13-7-8-14-21(20)27-23/h1-14,22H,15-17H2,(H,25,26). The van der Waals surface area contributed by atoms with Crippen LogP contribution in [0.25, 0.3) is 10.2 Å². The minimum absolute atomic E-state index is 0.264. The Balaban J connectivity index is 1.44. The van der Waals surface area contributed by atoms with Gasteiger partial charge in [0.25, 0.3) is 0 Å². The molecule has 3 heteroatoms. The van der Waals surface area contributed by atoms with Gasteiger partial charge in [-0.25, -0.2) is 4.98 Å². The van der Waals surface area contributed by atoms with E-state index in [4.69, 9.17) is 4.98 Å². The van der Waals surface area contributed by atoms with E-state index in [9.17, 15) is 0 Å². The maximum atomic E-state index is 4.76. The van der Waals surface area contributed by atoms with Gasteiger partial charge in [-0.2, -0.15) is 0 Å². The molecule has 27 heavy (non-hydrogen) atoms. The Morgan fingerprint density at radius 3 is 2.00 bits per heavy atom. The van der Waals surface area contributed by atoms with E-state index in [0.29, 0.717) is 5.92 Å². The zero-order valence-corrected chi connectivity index (χ0v) is 16.0. The molecule has 0 bridgehead atoms. The number of anilines is 1. The predicted molar refractivity (Wildman–Crippen MR) is 115 cm³/mol. The molecule has 0 saturated heterocycles. The highest BCUT2D eigenvalue weighted by atomic mass is 32.1. The number of nitrogens with zero attached hydrogens (tertiary/aromatic N) is 1. The molecule has 5 rings (SSSR count). The van der Waals surface area contributed by atoms with Gasteiger partial charge in [0.2, 0.25) is 0 Å². The van der Waals surface area contributed by atoms with Crippen molar-refractivity contribution in [1.82, 2.24) is 4.98 Å². The van der Waals surface area contributed by atoms with Gasteiger partial charge >= 0.3 is 0 Å². The molecule has 4 aromatic rings. The summed E-state index contributed by atoms with van der Waals surface area (Å²) < 4.78 is 1.24. The van der Waals surface area contributed by atoms with Crippen molar-refractivity contribution in [1.29, 1.82) is 0 Å². The third-order valence-electron chi connectivity index (χ3n) is 5.66. The molecule has 3 aromatic carbocycles. The van der Waals surface area contributed by atoms with Gasteiger partial charge in [-0.15, -0.1) is 0 Å². The van der Waals surface area contributed by atoms with Crippen molar-refractivity contribution >= 4 is 26.7 Å². The third-order valence-corrected chi connectivity index (χ3v) is 6.65. The summed E-state index contributed by atoms with van der Waals surface area (Å²) in [5.74, 6) is 0.418. The fourth-order valence-electron chi connectivity index (χ4n) is 4.12. The molecule has 0 atom stereocenters. The number of nitrogens with one attached hydrogen (secondary N) is 1. The van der Waals surface area contributed by atoms with Crippen LogP contribution in [0.3, 0.4) is 0 Å². The van der Waals surface area contributed by atoms with E-state index in [1.54, 1.807) is 11.3 Å². The first-order chi connectivity index (χ1) is 13.3. The maximum Gasteiger partial charge on any atom is 0.183 e. The summed E-state index contributed by atoms with van der Waals surface area (Å²) >= 11 is 1.75. The van der Waals surface area contributed by atoms with E-state index in [-0.39, 0.29) is 5.41 Å². The number of fused-ring (bicyclic) bond motifs is 1. The van der Waals surface area contributed by atoms with Gasteiger partial charge in [-0.05, 0) is 41.5 Å². The van der Waals surface area contributed by atoms with Gasteiger partial charge in [0.05, 0.1) is 10.2 Å². The average Bonchev–Trinajstić information content (AvgIpc) is 3.38. The zero-order chi connectivity index (χ0) is 18.1. The van der Waals surface area contributed by atoms with Crippen LogP contribution in [0.2, 0.25) is 0 Å². The van der Waals surface area contributed by atoms with Crippen molar-refractivity contribution < 1.29 is 0 Å². The minimum Gasteiger partial charge on any atom is -0.361 e. The lowest BCUT2D eigenvalue weighted by molar-refractivity contribution is 0.471. The number of benzene rings is 3. The molecule has 1 aromatic heterocycles. The highest BCUT2D eigenvalue weighted by molar-refractivity contribution is 7.22. The van der Waals surface area contributed by atoms with Crippen LogP contribution in [0.4, 0.5) is 5.13 Å². The van der Waals surface area contributed by atoms with Crippen molar-refractivity contribution in [2.45, 2.75) is 18.8 Å². The summed E-state index contributed by atoms with van der Waals surface area (Å²) in [4.78, 5) is 4.76. The second-order valence-corrected chi connectivity index (χ2v) is 8.49. The molecule has 1 fully saturated rings. The molecule has 0 radical (unpaired) electrons. The molecule has 1 saturated carbocycles. The molecule has 2 nitrogen and oxygen atoms in total. The summed E-state index contributed by atoms with van der Waals surface area (Å²) in [7, 11) is 0. The van der Waals surface area contributed by atoms with E-state index in [2.05, 4.69) is 90.2 Å². The largest absolute Gasteiger partial charge is 0.361 e. The average molecular weight is 371 g/mol. The molecule has 0 aliphatic heterocycles. The van der Waals surface area contributed by atoms with E-state index in [0.717, 1.165) is 17.2 Å². The zero-order valence-electron chi connectivity index (χ0n) is 15.1. The lowest BCUT2D eigenvalue weighted by Crippen LogP contribution is -2.24. The van der Waals surface area contributed by atoms with Crippen LogP contribution < -0.4 is 5.32 Å². The second-order valence-electron chi connectivity index (χ2n) is 7.46. The smallest absolute Gasteiger partial charge is 0.183 e. The highest BCUT2D eigenvalue weighted by Gasteiger charge is 2.50. The van der Waals surface area contributed by atoms with Gasteiger partial charge in [0.1, 0.15) is 0 Å². The number of aromatic nitrogens is 1. The van der Waals surface area contributed by atoms with Crippen LogP contribution >= 0.6 is 11.3 Å². The fraction of sp³-hybridized carbons (Fsp3) is 0.208. The van der Waals surface area contributed by atoms with Crippen LogP contribution in [0, 0.1) is 5.41 Å². The number of hydrogen-bond donors (Lipinski definition) is 1. The Labute approximate surface area is 163 Å². The van der Waals surface area contributed by atoms with Crippen molar-refractivity contribution in [2.75, 3.05) is 11.9 Å². The Kier molecular flexibility index (Phi) is 4.17. The molecule has 0 amide bonds. The van der Waals surface area contributed by atoms with E-state index < -0.39 is 0 Å². The molecule has 1 aliphatic carbocycles. The van der Waals surface area contributed by atoms with Crippen molar-refractivity contribution in [2.24, 2.45) is 5.41 Å². The Bertz CT molecular complexity index is 963. The lowest BCUT2D eigenvalue weighted by Gasteiger charge is -2.28.